The second kappa shape index (κ2) is 6.59. The summed E-state index contributed by atoms with van der Waals surface area (Å²) in [6.45, 7) is 8.82. The first-order valence-corrected chi connectivity index (χ1v) is 9.09. The molecule has 21 heavy (non-hydrogen) atoms. The fourth-order valence-electron chi connectivity index (χ4n) is 3.33. The van der Waals surface area contributed by atoms with Crippen LogP contribution in [0.5, 0.6) is 0 Å². The highest BCUT2D eigenvalue weighted by Crippen LogP contribution is 2.34. The predicted octanol–water partition coefficient (Wildman–Crippen LogP) is 2.42. The largest absolute Gasteiger partial charge is 0.344 e. The van der Waals surface area contributed by atoms with E-state index in [9.17, 15) is 9.59 Å². The summed E-state index contributed by atoms with van der Waals surface area (Å²) in [6, 6.07) is -0.0792. The molecule has 0 aromatic carbocycles. The number of carbonyl (C=O) groups excluding carboxylic acids is 2. The van der Waals surface area contributed by atoms with Crippen molar-refractivity contribution in [1.82, 2.24) is 10.2 Å². The topological polar surface area (TPSA) is 49.4 Å². The lowest BCUT2D eigenvalue weighted by atomic mass is 9.85. The molecule has 1 saturated carbocycles. The number of hydrogen-bond donors (Lipinski definition) is 1. The van der Waals surface area contributed by atoms with Gasteiger partial charge in [-0.2, -0.15) is 11.8 Å². The molecular formula is C16H28N2O2S. The van der Waals surface area contributed by atoms with Crippen LogP contribution in [-0.2, 0) is 9.59 Å². The lowest BCUT2D eigenvalue weighted by molar-refractivity contribution is -0.138. The Labute approximate surface area is 132 Å². The molecule has 0 aromatic rings. The summed E-state index contributed by atoms with van der Waals surface area (Å²) < 4.78 is 0. The Kier molecular flexibility index (Phi) is 5.23. The molecule has 2 fully saturated rings. The van der Waals surface area contributed by atoms with E-state index in [1.54, 1.807) is 0 Å². The highest BCUT2D eigenvalue weighted by atomic mass is 32.2. The lowest BCUT2D eigenvalue weighted by Gasteiger charge is -2.35. The molecular weight excluding hydrogens is 284 g/mol. The maximum absolute atomic E-state index is 12.9. The number of hydrogen-bond acceptors (Lipinski definition) is 3. The summed E-state index contributed by atoms with van der Waals surface area (Å²) in [6.07, 6.45) is 3.78. The Morgan fingerprint density at radius 1 is 1.29 bits per heavy atom. The minimum Gasteiger partial charge on any atom is -0.344 e. The molecule has 120 valence electrons. The van der Waals surface area contributed by atoms with E-state index in [0.29, 0.717) is 24.3 Å². The zero-order valence-corrected chi connectivity index (χ0v) is 14.5. The molecule has 2 rings (SSSR count). The molecule has 0 bridgehead atoms. The molecule has 2 aliphatic rings. The Morgan fingerprint density at radius 3 is 2.62 bits per heavy atom. The first-order chi connectivity index (χ1) is 9.82. The van der Waals surface area contributed by atoms with Gasteiger partial charge in [0, 0.05) is 24.3 Å². The number of nitrogens with zero attached hydrogens (tertiary/aromatic N) is 1. The Balaban J connectivity index is 2.11. The minimum atomic E-state index is -0.398. The monoisotopic (exact) mass is 312 g/mol. The third-order valence-corrected chi connectivity index (χ3v) is 5.71. The van der Waals surface area contributed by atoms with E-state index < -0.39 is 6.04 Å². The smallest absolute Gasteiger partial charge is 0.245 e. The summed E-state index contributed by atoms with van der Waals surface area (Å²) >= 11 is 2.00. The fraction of sp³-hybridized carbons (Fsp3) is 0.875. The van der Waals surface area contributed by atoms with Crippen molar-refractivity contribution in [2.75, 3.05) is 12.3 Å². The van der Waals surface area contributed by atoms with Gasteiger partial charge in [-0.15, -0.1) is 0 Å². The molecule has 1 aliphatic carbocycles. The van der Waals surface area contributed by atoms with Gasteiger partial charge in [-0.05, 0) is 30.4 Å². The van der Waals surface area contributed by atoms with Crippen molar-refractivity contribution in [1.29, 1.82) is 0 Å². The molecule has 1 heterocycles. The molecule has 0 radical (unpaired) electrons. The lowest BCUT2D eigenvalue weighted by Crippen LogP contribution is -2.53. The van der Waals surface area contributed by atoms with E-state index in [0.717, 1.165) is 18.6 Å². The van der Waals surface area contributed by atoms with Gasteiger partial charge in [0.15, 0.2) is 0 Å². The van der Waals surface area contributed by atoms with Crippen LogP contribution in [0.15, 0.2) is 0 Å². The van der Waals surface area contributed by atoms with E-state index in [1.807, 2.05) is 37.4 Å². The van der Waals surface area contributed by atoms with Crippen LogP contribution in [0.1, 0.15) is 53.4 Å². The number of amides is 2. The number of rotatable bonds is 3. The maximum atomic E-state index is 12.9. The average Bonchev–Trinajstić information content (AvgIpc) is 2.77. The zero-order valence-electron chi connectivity index (χ0n) is 13.6. The highest BCUT2D eigenvalue weighted by Gasteiger charge is 2.41. The third-order valence-electron chi connectivity index (χ3n) is 4.48. The van der Waals surface area contributed by atoms with Crippen molar-refractivity contribution < 1.29 is 9.59 Å². The van der Waals surface area contributed by atoms with Crippen LogP contribution < -0.4 is 5.32 Å². The van der Waals surface area contributed by atoms with Gasteiger partial charge in [-0.1, -0.05) is 27.7 Å². The fourth-order valence-corrected chi connectivity index (χ4v) is 4.46. The minimum absolute atomic E-state index is 0.00301. The van der Waals surface area contributed by atoms with E-state index in [-0.39, 0.29) is 17.2 Å². The van der Waals surface area contributed by atoms with Gasteiger partial charge >= 0.3 is 0 Å². The van der Waals surface area contributed by atoms with Crippen molar-refractivity contribution in [2.24, 2.45) is 5.41 Å². The van der Waals surface area contributed by atoms with Crippen molar-refractivity contribution in [3.8, 4) is 0 Å². The Bertz CT molecular complexity index is 406. The molecule has 0 spiro atoms. The first-order valence-electron chi connectivity index (χ1n) is 8.04. The average molecular weight is 312 g/mol. The number of thioether (sulfide) groups is 1. The van der Waals surface area contributed by atoms with Crippen LogP contribution in [-0.4, -0.2) is 46.3 Å². The summed E-state index contributed by atoms with van der Waals surface area (Å²) in [5.74, 6) is 1.25. The van der Waals surface area contributed by atoms with Crippen molar-refractivity contribution >= 4 is 23.6 Å². The van der Waals surface area contributed by atoms with Gasteiger partial charge in [0.2, 0.25) is 11.8 Å². The SMILES string of the molecule is CCSC1CCC(N2CCC(=O)NC(C(C)(C)C)C2=O)C1. The molecule has 1 N–H and O–H groups in total. The Morgan fingerprint density at radius 2 is 2.00 bits per heavy atom. The second-order valence-electron chi connectivity index (χ2n) is 7.19. The molecule has 0 aromatic heterocycles. The molecule has 3 atom stereocenters. The van der Waals surface area contributed by atoms with Crippen LogP contribution >= 0.6 is 11.8 Å². The molecule has 5 heteroatoms. The molecule has 4 nitrogen and oxygen atoms in total. The van der Waals surface area contributed by atoms with Crippen molar-refractivity contribution in [3.05, 3.63) is 0 Å². The molecule has 1 aliphatic heterocycles. The normalized spacial score (nSPS) is 31.2. The second-order valence-corrected chi connectivity index (χ2v) is 8.77. The standard InChI is InChI=1S/C16H28N2O2S/c1-5-21-12-7-6-11(10-12)18-9-8-13(19)17-14(15(18)20)16(2,3)4/h11-12,14H,5-10H2,1-4H3,(H,17,19). The van der Waals surface area contributed by atoms with Crippen LogP contribution in [0.25, 0.3) is 0 Å². The van der Waals surface area contributed by atoms with Gasteiger partial charge < -0.3 is 10.2 Å². The van der Waals surface area contributed by atoms with Gasteiger partial charge in [-0.25, -0.2) is 0 Å². The zero-order chi connectivity index (χ0) is 15.6. The van der Waals surface area contributed by atoms with Crippen molar-refractivity contribution in [3.63, 3.8) is 0 Å². The summed E-state index contributed by atoms with van der Waals surface area (Å²) in [7, 11) is 0. The van der Waals surface area contributed by atoms with Gasteiger partial charge in [0.1, 0.15) is 6.04 Å². The summed E-state index contributed by atoms with van der Waals surface area (Å²) in [5.41, 5.74) is -0.245. The third kappa shape index (κ3) is 3.93. The van der Waals surface area contributed by atoms with E-state index in [2.05, 4.69) is 12.2 Å². The summed E-state index contributed by atoms with van der Waals surface area (Å²) in [5, 5.41) is 3.60. The maximum Gasteiger partial charge on any atom is 0.245 e. The number of carbonyl (C=O) groups is 2. The number of nitrogens with one attached hydrogen (secondary N) is 1. The molecule has 2 amide bonds. The first kappa shape index (κ1) is 16.7. The van der Waals surface area contributed by atoms with E-state index in [4.69, 9.17) is 0 Å². The molecule has 1 saturated heterocycles. The summed E-state index contributed by atoms with van der Waals surface area (Å²) in [4.78, 5) is 26.8. The van der Waals surface area contributed by atoms with Crippen LogP contribution in [0.3, 0.4) is 0 Å². The highest BCUT2D eigenvalue weighted by molar-refractivity contribution is 7.99. The van der Waals surface area contributed by atoms with Crippen LogP contribution in [0, 0.1) is 5.41 Å². The van der Waals surface area contributed by atoms with E-state index in [1.165, 1.54) is 6.42 Å². The van der Waals surface area contributed by atoms with Crippen LogP contribution in [0.4, 0.5) is 0 Å². The van der Waals surface area contributed by atoms with E-state index >= 15 is 0 Å². The predicted molar refractivity (Wildman–Crippen MR) is 87.3 cm³/mol. The van der Waals surface area contributed by atoms with Gasteiger partial charge in [0.25, 0.3) is 0 Å². The van der Waals surface area contributed by atoms with Gasteiger partial charge in [0.05, 0.1) is 0 Å². The van der Waals surface area contributed by atoms with Gasteiger partial charge in [-0.3, -0.25) is 9.59 Å². The Hall–Kier alpha value is -0.710. The van der Waals surface area contributed by atoms with Crippen LogP contribution in [0.2, 0.25) is 0 Å². The quantitative estimate of drug-likeness (QED) is 0.871. The molecule has 3 unspecified atom stereocenters. The van der Waals surface area contributed by atoms with Crippen molar-refractivity contribution in [2.45, 2.75) is 70.7 Å².